The van der Waals surface area contributed by atoms with Crippen LogP contribution in [0.25, 0.3) is 11.1 Å². The summed E-state index contributed by atoms with van der Waals surface area (Å²) in [7, 11) is 0. The summed E-state index contributed by atoms with van der Waals surface area (Å²) in [5, 5.41) is 10.6. The molecule has 0 aromatic heterocycles. The maximum Gasteiger partial charge on any atom is 0.0936 e. The van der Waals surface area contributed by atoms with Crippen LogP contribution in [0.3, 0.4) is 0 Å². The first-order valence-electron chi connectivity index (χ1n) is 6.84. The molecule has 3 aromatic rings. The van der Waals surface area contributed by atoms with Crippen LogP contribution in [0.4, 0.5) is 11.4 Å². The third-order valence-corrected chi connectivity index (χ3v) is 3.95. The highest BCUT2D eigenvalue weighted by atomic mass is 35.5. The lowest BCUT2D eigenvalue weighted by molar-refractivity contribution is 1.23. The third kappa shape index (κ3) is 4.11. The van der Waals surface area contributed by atoms with Gasteiger partial charge in [-0.3, -0.25) is 0 Å². The van der Waals surface area contributed by atoms with Gasteiger partial charge in [0.25, 0.3) is 0 Å². The molecule has 0 aliphatic heterocycles. The number of halogens is 3. The molecule has 0 bridgehead atoms. The van der Waals surface area contributed by atoms with E-state index in [0.29, 0.717) is 15.1 Å². The second kappa shape index (κ2) is 7.14. The van der Waals surface area contributed by atoms with E-state index < -0.39 is 0 Å². The molecule has 2 nitrogen and oxygen atoms in total. The average Bonchev–Trinajstić information content (AvgIpc) is 2.56. The minimum atomic E-state index is 0.639. The van der Waals surface area contributed by atoms with Crippen LogP contribution >= 0.6 is 34.8 Å². The molecule has 0 saturated heterocycles. The fourth-order valence-corrected chi connectivity index (χ4v) is 2.50. The number of nitrogens with zero attached hydrogens (tertiary/aromatic N) is 2. The Hall–Kier alpha value is -1.87. The summed E-state index contributed by atoms with van der Waals surface area (Å²) in [6.45, 7) is 0. The van der Waals surface area contributed by atoms with E-state index in [4.69, 9.17) is 34.8 Å². The molecule has 23 heavy (non-hydrogen) atoms. The Morgan fingerprint density at radius 1 is 0.565 bits per heavy atom. The van der Waals surface area contributed by atoms with Crippen LogP contribution in [0.2, 0.25) is 15.1 Å². The van der Waals surface area contributed by atoms with Crippen molar-refractivity contribution in [3.63, 3.8) is 0 Å². The molecule has 0 N–H and O–H groups in total. The van der Waals surface area contributed by atoms with Gasteiger partial charge in [-0.25, -0.2) is 0 Å². The van der Waals surface area contributed by atoms with Gasteiger partial charge in [0.2, 0.25) is 0 Å². The predicted octanol–water partition coefficient (Wildman–Crippen LogP) is 7.73. The minimum absolute atomic E-state index is 0.639. The summed E-state index contributed by atoms with van der Waals surface area (Å²) in [5.74, 6) is 0. The van der Waals surface area contributed by atoms with Crippen molar-refractivity contribution in [2.24, 2.45) is 10.2 Å². The lowest BCUT2D eigenvalue weighted by Crippen LogP contribution is -1.79. The highest BCUT2D eigenvalue weighted by Crippen LogP contribution is 2.34. The maximum atomic E-state index is 6.12. The van der Waals surface area contributed by atoms with Crippen LogP contribution < -0.4 is 0 Å². The number of benzene rings is 3. The first kappa shape index (κ1) is 16.0. The fraction of sp³-hybridized carbons (Fsp3) is 0. The average molecular weight is 362 g/mol. The Labute approximate surface area is 149 Å². The van der Waals surface area contributed by atoms with Crippen LogP contribution in [0.5, 0.6) is 0 Å². The van der Waals surface area contributed by atoms with Crippen LogP contribution in [0.15, 0.2) is 77.0 Å². The van der Waals surface area contributed by atoms with Gasteiger partial charge in [-0.15, -0.1) is 5.11 Å². The van der Waals surface area contributed by atoms with Gasteiger partial charge in [0, 0.05) is 20.6 Å². The monoisotopic (exact) mass is 360 g/mol. The molecule has 0 amide bonds. The summed E-state index contributed by atoms with van der Waals surface area (Å²) >= 11 is 17.9. The fourth-order valence-electron chi connectivity index (χ4n) is 2.08. The van der Waals surface area contributed by atoms with E-state index in [9.17, 15) is 0 Å². The van der Waals surface area contributed by atoms with Crippen LogP contribution in [-0.2, 0) is 0 Å². The molecule has 3 rings (SSSR count). The van der Waals surface area contributed by atoms with Crippen molar-refractivity contribution in [1.29, 1.82) is 0 Å². The van der Waals surface area contributed by atoms with Crippen molar-refractivity contribution in [2.45, 2.75) is 0 Å². The lowest BCUT2D eigenvalue weighted by Gasteiger charge is -2.06. The summed E-state index contributed by atoms with van der Waals surface area (Å²) in [6, 6.07) is 20.2. The van der Waals surface area contributed by atoms with Gasteiger partial charge < -0.3 is 0 Å². The predicted molar refractivity (Wildman–Crippen MR) is 97.5 cm³/mol. The van der Waals surface area contributed by atoms with Gasteiger partial charge in [-0.1, -0.05) is 46.9 Å². The molecule has 0 atom stereocenters. The number of hydrogen-bond acceptors (Lipinski definition) is 2. The van der Waals surface area contributed by atoms with E-state index in [1.165, 1.54) is 0 Å². The van der Waals surface area contributed by atoms with Gasteiger partial charge in [0.1, 0.15) is 0 Å². The standard InChI is InChI=1S/C18H11Cl3N2/c19-13-3-1-12(2-4-13)17-11-15(21)7-10-18(17)23-22-16-8-5-14(20)6-9-16/h1-11H. The van der Waals surface area contributed by atoms with Crippen molar-refractivity contribution < 1.29 is 0 Å². The zero-order valence-corrected chi connectivity index (χ0v) is 14.1. The first-order chi connectivity index (χ1) is 11.1. The van der Waals surface area contributed by atoms with Gasteiger partial charge >= 0.3 is 0 Å². The Kier molecular flexibility index (Phi) is 4.97. The maximum absolute atomic E-state index is 6.12. The SMILES string of the molecule is Clc1ccc(N=Nc2ccc(Cl)cc2-c2ccc(Cl)cc2)cc1. The molecule has 114 valence electrons. The van der Waals surface area contributed by atoms with Crippen molar-refractivity contribution in [1.82, 2.24) is 0 Å². The van der Waals surface area contributed by atoms with Gasteiger partial charge in [0.05, 0.1) is 11.4 Å². The summed E-state index contributed by atoms with van der Waals surface area (Å²) in [6.07, 6.45) is 0. The highest BCUT2D eigenvalue weighted by Gasteiger charge is 2.06. The smallest absolute Gasteiger partial charge is 0.0936 e. The molecular weight excluding hydrogens is 351 g/mol. The largest absolute Gasteiger partial charge is 0.151 e. The number of rotatable bonds is 3. The molecule has 0 aliphatic rings. The topological polar surface area (TPSA) is 24.7 Å². The molecule has 0 spiro atoms. The van der Waals surface area contributed by atoms with E-state index >= 15 is 0 Å². The molecule has 0 fully saturated rings. The van der Waals surface area contributed by atoms with Crippen molar-refractivity contribution in [3.05, 3.63) is 81.8 Å². The van der Waals surface area contributed by atoms with Crippen molar-refractivity contribution >= 4 is 46.2 Å². The third-order valence-electron chi connectivity index (χ3n) is 3.21. The van der Waals surface area contributed by atoms with Crippen molar-refractivity contribution in [3.8, 4) is 11.1 Å². The Balaban J connectivity index is 1.99. The number of hydrogen-bond donors (Lipinski definition) is 0. The van der Waals surface area contributed by atoms with Gasteiger partial charge in [-0.05, 0) is 60.2 Å². The molecule has 0 radical (unpaired) electrons. The zero-order valence-electron chi connectivity index (χ0n) is 11.9. The van der Waals surface area contributed by atoms with Crippen LogP contribution in [-0.4, -0.2) is 0 Å². The normalized spacial score (nSPS) is 11.1. The zero-order chi connectivity index (χ0) is 16.2. The summed E-state index contributed by atoms with van der Waals surface area (Å²) in [5.41, 5.74) is 3.33. The van der Waals surface area contributed by atoms with E-state index in [0.717, 1.165) is 22.5 Å². The minimum Gasteiger partial charge on any atom is -0.151 e. The lowest BCUT2D eigenvalue weighted by atomic mass is 10.0. The van der Waals surface area contributed by atoms with E-state index in [-0.39, 0.29) is 0 Å². The Morgan fingerprint density at radius 2 is 1.13 bits per heavy atom. The van der Waals surface area contributed by atoms with E-state index in [2.05, 4.69) is 10.2 Å². The molecule has 3 aromatic carbocycles. The molecule has 5 heteroatoms. The van der Waals surface area contributed by atoms with Crippen LogP contribution in [0.1, 0.15) is 0 Å². The number of azo groups is 1. The molecule has 0 heterocycles. The molecule has 0 unspecified atom stereocenters. The van der Waals surface area contributed by atoms with Crippen LogP contribution in [0, 0.1) is 0 Å². The summed E-state index contributed by atoms with van der Waals surface area (Å²) in [4.78, 5) is 0. The van der Waals surface area contributed by atoms with E-state index in [1.807, 2.05) is 48.5 Å². The second-order valence-electron chi connectivity index (χ2n) is 4.84. The molecule has 0 aliphatic carbocycles. The Morgan fingerprint density at radius 3 is 1.78 bits per heavy atom. The highest BCUT2D eigenvalue weighted by molar-refractivity contribution is 6.31. The quantitative estimate of drug-likeness (QED) is 0.426. The molecule has 0 saturated carbocycles. The second-order valence-corrected chi connectivity index (χ2v) is 6.15. The first-order valence-corrected chi connectivity index (χ1v) is 7.98. The summed E-state index contributed by atoms with van der Waals surface area (Å²) < 4.78 is 0. The van der Waals surface area contributed by atoms with Gasteiger partial charge in [-0.2, -0.15) is 5.11 Å². The van der Waals surface area contributed by atoms with Crippen molar-refractivity contribution in [2.75, 3.05) is 0 Å². The van der Waals surface area contributed by atoms with Gasteiger partial charge in [0.15, 0.2) is 0 Å². The van der Waals surface area contributed by atoms with E-state index in [1.54, 1.807) is 18.2 Å². The molecular formula is C18H11Cl3N2. The Bertz CT molecular complexity index is 841.